The Morgan fingerprint density at radius 1 is 1.13 bits per heavy atom. The van der Waals surface area contributed by atoms with Crippen molar-refractivity contribution in [1.82, 2.24) is 10.3 Å². The lowest BCUT2D eigenvalue weighted by Crippen LogP contribution is -2.31. The molecule has 2 rings (SSSR count). The van der Waals surface area contributed by atoms with E-state index in [-0.39, 0.29) is 34.7 Å². The van der Waals surface area contributed by atoms with E-state index in [1.807, 2.05) is 13.8 Å². The number of aromatic amines is 1. The number of amides is 1. The minimum Gasteiger partial charge on any atom is -0.454 e. The molecule has 1 heterocycles. The second kappa shape index (κ2) is 10.2. The smallest absolute Gasteiger partial charge is 0.339 e. The Morgan fingerprint density at radius 2 is 1.80 bits per heavy atom. The molecule has 0 aliphatic rings. The number of carbonyl (C=O) groups is 4. The minimum absolute atomic E-state index is 0.0351. The van der Waals surface area contributed by atoms with E-state index in [4.69, 9.17) is 4.74 Å². The van der Waals surface area contributed by atoms with Gasteiger partial charge in [-0.05, 0) is 52.3 Å². The van der Waals surface area contributed by atoms with Crippen LogP contribution in [0.15, 0.2) is 29.2 Å². The van der Waals surface area contributed by atoms with Crippen molar-refractivity contribution in [2.75, 3.05) is 12.4 Å². The standard InChI is InChI=1S/C22H26N2O5S/c1-12(2)23-19(27)11-30-18-9-7-6-8-16(18)22(28)29-10-17(26)21-13(3)20(15(5)25)14(4)24-21/h6-9,12,24H,10-11H2,1-5H3,(H,23,27). The van der Waals surface area contributed by atoms with Gasteiger partial charge in [-0.15, -0.1) is 11.8 Å². The molecule has 0 saturated heterocycles. The van der Waals surface area contributed by atoms with Crippen LogP contribution in [0, 0.1) is 13.8 Å². The Bertz CT molecular complexity index is 978. The van der Waals surface area contributed by atoms with Crippen LogP contribution in [0.2, 0.25) is 0 Å². The number of benzene rings is 1. The van der Waals surface area contributed by atoms with Crippen molar-refractivity contribution in [3.63, 3.8) is 0 Å². The van der Waals surface area contributed by atoms with Crippen LogP contribution in [0.5, 0.6) is 0 Å². The molecule has 0 unspecified atom stereocenters. The van der Waals surface area contributed by atoms with E-state index in [2.05, 4.69) is 10.3 Å². The van der Waals surface area contributed by atoms with Crippen LogP contribution in [0.1, 0.15) is 63.2 Å². The molecule has 1 amide bonds. The minimum atomic E-state index is -0.650. The first-order valence-corrected chi connectivity index (χ1v) is 10.5. The highest BCUT2D eigenvalue weighted by Crippen LogP contribution is 2.24. The van der Waals surface area contributed by atoms with Gasteiger partial charge in [0.15, 0.2) is 12.4 Å². The predicted octanol–water partition coefficient (Wildman–Crippen LogP) is 3.49. The van der Waals surface area contributed by atoms with Crippen LogP contribution >= 0.6 is 11.8 Å². The maximum Gasteiger partial charge on any atom is 0.339 e. The molecule has 0 bridgehead atoms. The first-order valence-electron chi connectivity index (χ1n) is 9.53. The van der Waals surface area contributed by atoms with E-state index in [0.717, 1.165) is 0 Å². The third-order valence-corrected chi connectivity index (χ3v) is 5.39. The predicted molar refractivity (Wildman–Crippen MR) is 115 cm³/mol. The molecule has 0 aliphatic heterocycles. The van der Waals surface area contributed by atoms with Gasteiger partial charge in [-0.3, -0.25) is 14.4 Å². The van der Waals surface area contributed by atoms with E-state index in [1.165, 1.54) is 18.7 Å². The summed E-state index contributed by atoms with van der Waals surface area (Å²) >= 11 is 1.23. The molecule has 2 aromatic rings. The van der Waals surface area contributed by atoms with Gasteiger partial charge < -0.3 is 15.0 Å². The number of aryl methyl sites for hydroxylation is 1. The third-order valence-electron chi connectivity index (χ3n) is 4.32. The van der Waals surface area contributed by atoms with Gasteiger partial charge in [-0.2, -0.15) is 0 Å². The SMILES string of the molecule is CC(=O)c1c(C)[nH]c(C(=O)COC(=O)c2ccccc2SCC(=O)NC(C)C)c1C. The second-order valence-electron chi connectivity index (χ2n) is 7.19. The van der Waals surface area contributed by atoms with Crippen molar-refractivity contribution < 1.29 is 23.9 Å². The molecular formula is C22H26N2O5S. The van der Waals surface area contributed by atoms with Crippen molar-refractivity contribution in [2.24, 2.45) is 0 Å². The van der Waals surface area contributed by atoms with E-state index in [0.29, 0.717) is 21.7 Å². The number of rotatable bonds is 9. The Morgan fingerprint density at radius 3 is 2.40 bits per heavy atom. The average molecular weight is 431 g/mol. The summed E-state index contributed by atoms with van der Waals surface area (Å²) < 4.78 is 5.21. The fourth-order valence-corrected chi connectivity index (χ4v) is 3.96. The number of Topliss-reactive ketones (excluding diaryl/α,β-unsaturated/α-hetero) is 2. The zero-order chi connectivity index (χ0) is 22.4. The molecule has 0 atom stereocenters. The highest BCUT2D eigenvalue weighted by Gasteiger charge is 2.22. The zero-order valence-electron chi connectivity index (χ0n) is 17.8. The number of H-pyrrole nitrogens is 1. The Kier molecular flexibility index (Phi) is 8.00. The van der Waals surface area contributed by atoms with Gasteiger partial charge >= 0.3 is 5.97 Å². The largest absolute Gasteiger partial charge is 0.454 e. The average Bonchev–Trinajstić information content (AvgIpc) is 2.98. The molecular weight excluding hydrogens is 404 g/mol. The van der Waals surface area contributed by atoms with E-state index in [9.17, 15) is 19.2 Å². The van der Waals surface area contributed by atoms with Gasteiger partial charge in [0.2, 0.25) is 11.7 Å². The van der Waals surface area contributed by atoms with Crippen LogP contribution in [-0.2, 0) is 9.53 Å². The summed E-state index contributed by atoms with van der Waals surface area (Å²) in [7, 11) is 0. The van der Waals surface area contributed by atoms with Crippen molar-refractivity contribution in [3.05, 3.63) is 52.3 Å². The number of nitrogens with one attached hydrogen (secondary N) is 2. The topological polar surface area (TPSA) is 105 Å². The monoisotopic (exact) mass is 430 g/mol. The number of hydrogen-bond acceptors (Lipinski definition) is 6. The number of ketones is 2. The molecule has 0 aliphatic carbocycles. The van der Waals surface area contributed by atoms with Gasteiger partial charge in [0.05, 0.1) is 17.0 Å². The summed E-state index contributed by atoms with van der Waals surface area (Å²) in [6.45, 7) is 8.13. The van der Waals surface area contributed by atoms with Crippen LogP contribution in [-0.4, -0.2) is 46.8 Å². The van der Waals surface area contributed by atoms with E-state index in [1.54, 1.807) is 38.1 Å². The summed E-state index contributed by atoms with van der Waals surface area (Å²) in [5, 5.41) is 2.79. The lowest BCUT2D eigenvalue weighted by atomic mass is 10.1. The summed E-state index contributed by atoms with van der Waals surface area (Å²) in [5.74, 6) is -1.17. The highest BCUT2D eigenvalue weighted by atomic mass is 32.2. The molecule has 8 heteroatoms. The number of carbonyl (C=O) groups excluding carboxylic acids is 4. The molecule has 0 saturated carbocycles. The van der Waals surface area contributed by atoms with Crippen LogP contribution < -0.4 is 5.32 Å². The quantitative estimate of drug-likeness (QED) is 0.358. The summed E-state index contributed by atoms with van der Waals surface area (Å²) in [4.78, 5) is 52.2. The number of thioether (sulfide) groups is 1. The molecule has 0 radical (unpaired) electrons. The van der Waals surface area contributed by atoms with Crippen LogP contribution in [0.4, 0.5) is 0 Å². The number of aromatic nitrogens is 1. The van der Waals surface area contributed by atoms with Gasteiger partial charge in [0.1, 0.15) is 0 Å². The van der Waals surface area contributed by atoms with Crippen molar-refractivity contribution in [1.29, 1.82) is 0 Å². The maximum atomic E-state index is 12.5. The highest BCUT2D eigenvalue weighted by molar-refractivity contribution is 8.00. The van der Waals surface area contributed by atoms with Crippen molar-refractivity contribution in [3.8, 4) is 0 Å². The Balaban J connectivity index is 2.05. The molecule has 7 nitrogen and oxygen atoms in total. The van der Waals surface area contributed by atoms with E-state index < -0.39 is 18.4 Å². The molecule has 0 fully saturated rings. The zero-order valence-corrected chi connectivity index (χ0v) is 18.6. The first kappa shape index (κ1) is 23.4. The lowest BCUT2D eigenvalue weighted by Gasteiger charge is -2.10. The Labute approximate surface area is 180 Å². The number of esters is 1. The van der Waals surface area contributed by atoms with Crippen LogP contribution in [0.3, 0.4) is 0 Å². The third kappa shape index (κ3) is 5.82. The fourth-order valence-electron chi connectivity index (χ4n) is 3.11. The van der Waals surface area contributed by atoms with Gasteiger partial charge in [0.25, 0.3) is 0 Å². The van der Waals surface area contributed by atoms with Gasteiger partial charge in [-0.25, -0.2) is 4.79 Å². The number of hydrogen-bond donors (Lipinski definition) is 2. The summed E-state index contributed by atoms with van der Waals surface area (Å²) in [5.41, 5.74) is 2.19. The molecule has 30 heavy (non-hydrogen) atoms. The summed E-state index contributed by atoms with van der Waals surface area (Å²) in [6.07, 6.45) is 0. The molecule has 1 aromatic carbocycles. The van der Waals surface area contributed by atoms with Gasteiger partial charge in [0, 0.05) is 22.2 Å². The maximum absolute atomic E-state index is 12.5. The lowest BCUT2D eigenvalue weighted by molar-refractivity contribution is -0.119. The Hall–Kier alpha value is -2.87. The molecule has 1 aromatic heterocycles. The second-order valence-corrected chi connectivity index (χ2v) is 8.20. The molecule has 160 valence electrons. The number of ether oxygens (including phenoxy) is 1. The van der Waals surface area contributed by atoms with E-state index >= 15 is 0 Å². The fraction of sp³-hybridized carbons (Fsp3) is 0.364. The van der Waals surface area contributed by atoms with Crippen LogP contribution in [0.25, 0.3) is 0 Å². The molecule has 0 spiro atoms. The molecule has 2 N–H and O–H groups in total. The summed E-state index contributed by atoms with van der Waals surface area (Å²) in [6, 6.07) is 6.80. The first-order chi connectivity index (χ1) is 14.1. The van der Waals surface area contributed by atoms with Crippen molar-refractivity contribution >= 4 is 35.2 Å². The normalized spacial score (nSPS) is 10.7. The van der Waals surface area contributed by atoms with Crippen molar-refractivity contribution in [2.45, 2.75) is 45.6 Å². The van der Waals surface area contributed by atoms with Gasteiger partial charge in [-0.1, -0.05) is 12.1 Å².